The highest BCUT2D eigenvalue weighted by atomic mass is 15.3. The monoisotopic (exact) mass is 232 g/mol. The molecule has 1 saturated carbocycles. The van der Waals surface area contributed by atoms with Gasteiger partial charge in [0.2, 0.25) is 0 Å². The third kappa shape index (κ3) is 2.15. The number of nitrogen functional groups attached to an aromatic ring is 1. The van der Waals surface area contributed by atoms with E-state index in [9.17, 15) is 0 Å². The van der Waals surface area contributed by atoms with Crippen molar-refractivity contribution in [2.24, 2.45) is 0 Å². The number of hydrogen-bond donors (Lipinski definition) is 2. The molecule has 1 aliphatic rings. The van der Waals surface area contributed by atoms with Crippen LogP contribution in [0.25, 0.3) is 0 Å². The lowest BCUT2D eigenvalue weighted by Crippen LogP contribution is -2.02. The zero-order valence-corrected chi connectivity index (χ0v) is 9.63. The van der Waals surface area contributed by atoms with E-state index in [2.05, 4.69) is 20.3 Å². The highest BCUT2D eigenvalue weighted by Gasteiger charge is 2.21. The van der Waals surface area contributed by atoms with Gasteiger partial charge < -0.3 is 5.73 Å². The predicted molar refractivity (Wildman–Crippen MR) is 63.3 cm³/mol. The summed E-state index contributed by atoms with van der Waals surface area (Å²) in [6.45, 7) is 0.594. The van der Waals surface area contributed by atoms with E-state index >= 15 is 0 Å². The molecule has 0 aromatic carbocycles. The highest BCUT2D eigenvalue weighted by Crippen LogP contribution is 2.31. The normalized spacial score (nSPS) is 16.7. The summed E-state index contributed by atoms with van der Waals surface area (Å²) in [6, 6.07) is 0. The molecule has 2 aromatic rings. The van der Waals surface area contributed by atoms with Crippen LogP contribution in [0.15, 0.2) is 12.4 Å². The lowest BCUT2D eigenvalue weighted by atomic mass is 10.1. The SMILES string of the molecule is Nc1cnn(Cc2nc(C3CCCC3)n[nH]2)c1. The summed E-state index contributed by atoms with van der Waals surface area (Å²) in [6.07, 6.45) is 8.44. The van der Waals surface area contributed by atoms with Crippen LogP contribution in [0, 0.1) is 0 Å². The van der Waals surface area contributed by atoms with Gasteiger partial charge in [-0.2, -0.15) is 10.2 Å². The summed E-state index contributed by atoms with van der Waals surface area (Å²) in [7, 11) is 0. The number of H-pyrrole nitrogens is 1. The average molecular weight is 232 g/mol. The summed E-state index contributed by atoms with van der Waals surface area (Å²) < 4.78 is 1.76. The van der Waals surface area contributed by atoms with Crippen LogP contribution in [-0.4, -0.2) is 25.0 Å². The van der Waals surface area contributed by atoms with Crippen molar-refractivity contribution in [3.05, 3.63) is 24.0 Å². The number of nitrogens with zero attached hydrogens (tertiary/aromatic N) is 4. The minimum Gasteiger partial charge on any atom is -0.396 e. The van der Waals surface area contributed by atoms with Gasteiger partial charge in [0, 0.05) is 12.1 Å². The van der Waals surface area contributed by atoms with Gasteiger partial charge in [-0.15, -0.1) is 0 Å². The Morgan fingerprint density at radius 2 is 2.24 bits per heavy atom. The van der Waals surface area contributed by atoms with Crippen LogP contribution < -0.4 is 5.73 Å². The Hall–Kier alpha value is -1.85. The molecule has 17 heavy (non-hydrogen) atoms. The molecule has 6 nitrogen and oxygen atoms in total. The zero-order chi connectivity index (χ0) is 11.7. The molecule has 3 rings (SSSR count). The van der Waals surface area contributed by atoms with Crippen molar-refractivity contribution < 1.29 is 0 Å². The van der Waals surface area contributed by atoms with E-state index in [4.69, 9.17) is 5.73 Å². The van der Waals surface area contributed by atoms with Crippen LogP contribution in [0.3, 0.4) is 0 Å². The fourth-order valence-electron chi connectivity index (χ4n) is 2.37. The number of hydrogen-bond acceptors (Lipinski definition) is 4. The van der Waals surface area contributed by atoms with Gasteiger partial charge in [0.25, 0.3) is 0 Å². The number of nitrogens with one attached hydrogen (secondary N) is 1. The maximum absolute atomic E-state index is 5.61. The van der Waals surface area contributed by atoms with Gasteiger partial charge in [0.1, 0.15) is 12.4 Å². The average Bonchev–Trinajstić information content (AvgIpc) is 3.00. The van der Waals surface area contributed by atoms with Crippen LogP contribution in [0.2, 0.25) is 0 Å². The molecule has 1 aliphatic carbocycles. The smallest absolute Gasteiger partial charge is 0.153 e. The molecular weight excluding hydrogens is 216 g/mol. The molecule has 0 aliphatic heterocycles. The van der Waals surface area contributed by atoms with Crippen molar-refractivity contribution in [3.8, 4) is 0 Å². The van der Waals surface area contributed by atoms with E-state index < -0.39 is 0 Å². The first-order valence-electron chi connectivity index (χ1n) is 6.00. The van der Waals surface area contributed by atoms with E-state index in [1.165, 1.54) is 25.7 Å². The van der Waals surface area contributed by atoms with Crippen molar-refractivity contribution in [2.45, 2.75) is 38.1 Å². The molecule has 2 heterocycles. The third-order valence-corrected chi connectivity index (χ3v) is 3.23. The zero-order valence-electron chi connectivity index (χ0n) is 9.63. The summed E-state index contributed by atoms with van der Waals surface area (Å²) >= 11 is 0. The number of anilines is 1. The van der Waals surface area contributed by atoms with Gasteiger partial charge in [-0.3, -0.25) is 9.78 Å². The predicted octanol–water partition coefficient (Wildman–Crippen LogP) is 1.29. The molecule has 6 heteroatoms. The van der Waals surface area contributed by atoms with E-state index in [-0.39, 0.29) is 0 Å². The summed E-state index contributed by atoms with van der Waals surface area (Å²) in [5.41, 5.74) is 6.27. The molecule has 0 spiro atoms. The van der Waals surface area contributed by atoms with Crippen LogP contribution in [0.5, 0.6) is 0 Å². The van der Waals surface area contributed by atoms with Crippen molar-refractivity contribution in [3.63, 3.8) is 0 Å². The lowest BCUT2D eigenvalue weighted by molar-refractivity contribution is 0.652. The highest BCUT2D eigenvalue weighted by molar-refractivity contribution is 5.30. The fourth-order valence-corrected chi connectivity index (χ4v) is 2.37. The van der Waals surface area contributed by atoms with Crippen molar-refractivity contribution in [2.75, 3.05) is 5.73 Å². The first-order chi connectivity index (χ1) is 8.31. The number of rotatable bonds is 3. The van der Waals surface area contributed by atoms with Gasteiger partial charge >= 0.3 is 0 Å². The fraction of sp³-hybridized carbons (Fsp3) is 0.545. The Bertz CT molecular complexity index is 494. The second-order valence-corrected chi connectivity index (χ2v) is 4.59. The second kappa shape index (κ2) is 4.20. The number of aromatic nitrogens is 5. The molecule has 0 bridgehead atoms. The van der Waals surface area contributed by atoms with Gasteiger partial charge in [0.05, 0.1) is 11.9 Å². The second-order valence-electron chi connectivity index (χ2n) is 4.59. The van der Waals surface area contributed by atoms with Crippen LogP contribution in [0.4, 0.5) is 5.69 Å². The molecule has 2 aromatic heterocycles. The summed E-state index contributed by atoms with van der Waals surface area (Å²) in [5, 5.41) is 11.4. The van der Waals surface area contributed by atoms with E-state index in [0.29, 0.717) is 18.2 Å². The molecule has 0 amide bonds. The standard InChI is InChI=1S/C11H16N6/c12-9-5-13-17(6-9)7-10-14-11(16-15-10)8-3-1-2-4-8/h5-6,8H,1-4,7,12H2,(H,14,15,16). The van der Waals surface area contributed by atoms with Gasteiger partial charge in [-0.25, -0.2) is 4.98 Å². The third-order valence-electron chi connectivity index (χ3n) is 3.23. The molecule has 0 radical (unpaired) electrons. The van der Waals surface area contributed by atoms with Gasteiger partial charge in [-0.05, 0) is 12.8 Å². The molecule has 3 N–H and O–H groups in total. The molecule has 1 fully saturated rings. The van der Waals surface area contributed by atoms with E-state index in [0.717, 1.165) is 11.6 Å². The minimum atomic E-state index is 0.544. The van der Waals surface area contributed by atoms with Crippen LogP contribution in [-0.2, 0) is 6.54 Å². The molecule has 0 atom stereocenters. The Kier molecular flexibility index (Phi) is 2.55. The lowest BCUT2D eigenvalue weighted by Gasteiger charge is -2.00. The molecule has 90 valence electrons. The molecule has 0 unspecified atom stereocenters. The quantitative estimate of drug-likeness (QED) is 0.835. The largest absolute Gasteiger partial charge is 0.396 e. The maximum Gasteiger partial charge on any atom is 0.153 e. The Labute approximate surface area is 99.2 Å². The number of nitrogens with two attached hydrogens (primary N) is 1. The molecule has 0 saturated heterocycles. The van der Waals surface area contributed by atoms with Crippen molar-refractivity contribution in [1.82, 2.24) is 25.0 Å². The van der Waals surface area contributed by atoms with Gasteiger partial charge in [0.15, 0.2) is 5.82 Å². The molecular formula is C11H16N6. The first kappa shape index (κ1) is 10.3. The maximum atomic E-state index is 5.61. The Balaban J connectivity index is 1.71. The van der Waals surface area contributed by atoms with E-state index in [1.54, 1.807) is 17.1 Å². The van der Waals surface area contributed by atoms with Crippen molar-refractivity contribution in [1.29, 1.82) is 0 Å². The van der Waals surface area contributed by atoms with Crippen LogP contribution >= 0.6 is 0 Å². The summed E-state index contributed by atoms with van der Waals surface area (Å²) in [5.74, 6) is 2.34. The van der Waals surface area contributed by atoms with Gasteiger partial charge in [-0.1, -0.05) is 12.8 Å². The Morgan fingerprint density at radius 3 is 2.94 bits per heavy atom. The number of aromatic amines is 1. The topological polar surface area (TPSA) is 85.4 Å². The van der Waals surface area contributed by atoms with Crippen LogP contribution in [0.1, 0.15) is 43.3 Å². The minimum absolute atomic E-state index is 0.544. The Morgan fingerprint density at radius 1 is 1.41 bits per heavy atom. The van der Waals surface area contributed by atoms with E-state index in [1.807, 2.05) is 0 Å². The summed E-state index contributed by atoms with van der Waals surface area (Å²) in [4.78, 5) is 4.53. The first-order valence-corrected chi connectivity index (χ1v) is 6.00. The van der Waals surface area contributed by atoms with Crippen molar-refractivity contribution >= 4 is 5.69 Å².